The molecule has 1 heterocycles. The molecule has 0 saturated carbocycles. The molecule has 0 radical (unpaired) electrons. The van der Waals surface area contributed by atoms with Crippen molar-refractivity contribution in [2.24, 2.45) is 0 Å². The zero-order valence-corrected chi connectivity index (χ0v) is 10.7. The maximum absolute atomic E-state index is 11.5. The van der Waals surface area contributed by atoms with E-state index in [9.17, 15) is 18.0 Å². The molecule has 0 spiro atoms. The molecule has 1 aliphatic heterocycles. The minimum absolute atomic E-state index is 0.0286. The Balaban J connectivity index is 2.30. The number of aliphatic carboxylic acids is 1. The summed E-state index contributed by atoms with van der Waals surface area (Å²) in [7, 11) is -3.19. The number of carbonyl (C=O) groups excluding carboxylic acids is 1. The standard InChI is InChI=1S/C10H16N2O5S/c1-7(2-3-9(13)14)11-10(15)12-8-4-5-18(16,17)6-8/h4-5,7-8H,2-3,6H2,1H3,(H,13,14)(H2,11,12,15). The summed E-state index contributed by atoms with van der Waals surface area (Å²) in [5, 5.41) is 14.6. The fourth-order valence-electron chi connectivity index (χ4n) is 1.51. The summed E-state index contributed by atoms with van der Waals surface area (Å²) in [5.41, 5.74) is 0. The van der Waals surface area contributed by atoms with Gasteiger partial charge in [0.2, 0.25) is 0 Å². The summed E-state index contributed by atoms with van der Waals surface area (Å²) in [6, 6.07) is -1.32. The molecule has 0 aromatic rings. The SMILES string of the molecule is CC(CCC(=O)O)NC(=O)NC1C=CS(=O)(=O)C1. The Hall–Kier alpha value is -1.57. The number of carboxylic acid groups (broad SMARTS) is 1. The Labute approximate surface area is 105 Å². The minimum atomic E-state index is -3.19. The monoisotopic (exact) mass is 276 g/mol. The lowest BCUT2D eigenvalue weighted by Crippen LogP contribution is -2.45. The highest BCUT2D eigenvalue weighted by atomic mass is 32.2. The van der Waals surface area contributed by atoms with Crippen LogP contribution in [0.4, 0.5) is 4.79 Å². The molecule has 7 nitrogen and oxygen atoms in total. The molecule has 2 unspecified atom stereocenters. The maximum Gasteiger partial charge on any atom is 0.315 e. The minimum Gasteiger partial charge on any atom is -0.481 e. The van der Waals surface area contributed by atoms with E-state index in [1.165, 1.54) is 6.08 Å². The van der Waals surface area contributed by atoms with E-state index in [0.717, 1.165) is 5.41 Å². The van der Waals surface area contributed by atoms with Crippen LogP contribution in [0.1, 0.15) is 19.8 Å². The van der Waals surface area contributed by atoms with Crippen molar-refractivity contribution < 1.29 is 23.1 Å². The Bertz CT molecular complexity index is 457. The summed E-state index contributed by atoms with van der Waals surface area (Å²) in [6.45, 7) is 1.68. The van der Waals surface area contributed by atoms with E-state index in [0.29, 0.717) is 6.42 Å². The number of sulfone groups is 1. The van der Waals surface area contributed by atoms with Crippen molar-refractivity contribution in [1.82, 2.24) is 10.6 Å². The van der Waals surface area contributed by atoms with Crippen LogP contribution in [0.3, 0.4) is 0 Å². The van der Waals surface area contributed by atoms with Gasteiger partial charge < -0.3 is 15.7 Å². The van der Waals surface area contributed by atoms with Gasteiger partial charge in [-0.15, -0.1) is 0 Å². The second kappa shape index (κ2) is 5.85. The van der Waals surface area contributed by atoms with Crippen molar-refractivity contribution in [2.45, 2.75) is 31.8 Å². The summed E-state index contributed by atoms with van der Waals surface area (Å²) < 4.78 is 22.2. The summed E-state index contributed by atoms with van der Waals surface area (Å²) >= 11 is 0. The van der Waals surface area contributed by atoms with Crippen molar-refractivity contribution in [3.05, 3.63) is 11.5 Å². The van der Waals surface area contributed by atoms with Gasteiger partial charge in [-0.25, -0.2) is 13.2 Å². The van der Waals surface area contributed by atoms with Gasteiger partial charge in [0.25, 0.3) is 0 Å². The second-order valence-electron chi connectivity index (χ2n) is 4.22. The Morgan fingerprint density at radius 3 is 2.67 bits per heavy atom. The summed E-state index contributed by atoms with van der Waals surface area (Å²) in [6.07, 6.45) is 1.71. The molecule has 1 aliphatic rings. The number of hydrogen-bond donors (Lipinski definition) is 3. The third kappa shape index (κ3) is 5.17. The molecule has 0 aromatic heterocycles. The van der Waals surface area contributed by atoms with E-state index >= 15 is 0 Å². The smallest absolute Gasteiger partial charge is 0.315 e. The van der Waals surface area contributed by atoms with Crippen LogP contribution < -0.4 is 10.6 Å². The predicted octanol–water partition coefficient (Wildman–Crippen LogP) is -0.150. The zero-order valence-electron chi connectivity index (χ0n) is 9.92. The third-order valence-electron chi connectivity index (χ3n) is 2.42. The van der Waals surface area contributed by atoms with Crippen LogP contribution in [0.25, 0.3) is 0 Å². The van der Waals surface area contributed by atoms with E-state index in [1.54, 1.807) is 6.92 Å². The van der Waals surface area contributed by atoms with Gasteiger partial charge in [-0.05, 0) is 19.4 Å². The molecule has 3 N–H and O–H groups in total. The zero-order chi connectivity index (χ0) is 13.8. The molecule has 102 valence electrons. The lowest BCUT2D eigenvalue weighted by Gasteiger charge is -2.15. The van der Waals surface area contributed by atoms with Crippen LogP contribution in [-0.4, -0.2) is 43.4 Å². The fraction of sp³-hybridized carbons (Fsp3) is 0.600. The number of carboxylic acids is 1. The van der Waals surface area contributed by atoms with Crippen molar-refractivity contribution in [1.29, 1.82) is 0 Å². The second-order valence-corrected chi connectivity index (χ2v) is 6.15. The summed E-state index contributed by atoms with van der Waals surface area (Å²) in [4.78, 5) is 21.8. The van der Waals surface area contributed by atoms with E-state index in [4.69, 9.17) is 5.11 Å². The number of hydrogen-bond acceptors (Lipinski definition) is 4. The Morgan fingerprint density at radius 1 is 1.50 bits per heavy atom. The normalized spacial score (nSPS) is 22.4. The van der Waals surface area contributed by atoms with Crippen molar-refractivity contribution in [2.75, 3.05) is 5.75 Å². The maximum atomic E-state index is 11.5. The largest absolute Gasteiger partial charge is 0.481 e. The number of rotatable bonds is 5. The van der Waals surface area contributed by atoms with Crippen LogP contribution in [-0.2, 0) is 14.6 Å². The number of nitrogens with one attached hydrogen (secondary N) is 2. The molecule has 1 rings (SSSR count). The van der Waals surface area contributed by atoms with E-state index in [-0.39, 0.29) is 18.2 Å². The van der Waals surface area contributed by atoms with Gasteiger partial charge in [0.1, 0.15) is 0 Å². The molecule has 0 fully saturated rings. The lowest BCUT2D eigenvalue weighted by molar-refractivity contribution is -0.137. The van der Waals surface area contributed by atoms with E-state index < -0.39 is 27.9 Å². The molecule has 0 bridgehead atoms. The average Bonchev–Trinajstić information content (AvgIpc) is 2.54. The van der Waals surface area contributed by atoms with Crippen LogP contribution in [0.5, 0.6) is 0 Å². The first-order valence-electron chi connectivity index (χ1n) is 5.48. The first-order chi connectivity index (χ1) is 8.28. The highest BCUT2D eigenvalue weighted by molar-refractivity contribution is 7.94. The van der Waals surface area contributed by atoms with Crippen molar-refractivity contribution in [3.8, 4) is 0 Å². The van der Waals surface area contributed by atoms with Crippen LogP contribution >= 0.6 is 0 Å². The van der Waals surface area contributed by atoms with Crippen LogP contribution in [0.2, 0.25) is 0 Å². The van der Waals surface area contributed by atoms with Gasteiger partial charge >= 0.3 is 12.0 Å². The highest BCUT2D eigenvalue weighted by Crippen LogP contribution is 2.07. The Kier molecular flexibility index (Phi) is 4.71. The first kappa shape index (κ1) is 14.5. The molecule has 0 saturated heterocycles. The molecule has 18 heavy (non-hydrogen) atoms. The van der Waals surface area contributed by atoms with Gasteiger partial charge in [-0.1, -0.05) is 0 Å². The molecular weight excluding hydrogens is 260 g/mol. The van der Waals surface area contributed by atoms with Gasteiger partial charge in [0, 0.05) is 17.9 Å². The Morgan fingerprint density at radius 2 is 2.17 bits per heavy atom. The van der Waals surface area contributed by atoms with Crippen molar-refractivity contribution >= 4 is 21.8 Å². The number of urea groups is 1. The first-order valence-corrected chi connectivity index (χ1v) is 7.20. The quantitative estimate of drug-likeness (QED) is 0.646. The molecular formula is C10H16N2O5S. The third-order valence-corrected chi connectivity index (χ3v) is 3.81. The predicted molar refractivity (Wildman–Crippen MR) is 64.7 cm³/mol. The van der Waals surface area contributed by atoms with Crippen LogP contribution in [0.15, 0.2) is 11.5 Å². The van der Waals surface area contributed by atoms with Crippen LogP contribution in [0, 0.1) is 0 Å². The van der Waals surface area contributed by atoms with Gasteiger partial charge in [0.05, 0.1) is 11.8 Å². The van der Waals surface area contributed by atoms with Gasteiger partial charge in [-0.2, -0.15) is 0 Å². The number of carbonyl (C=O) groups is 2. The average molecular weight is 276 g/mol. The molecule has 8 heteroatoms. The molecule has 0 aromatic carbocycles. The van der Waals surface area contributed by atoms with Gasteiger partial charge in [-0.3, -0.25) is 4.79 Å². The number of amides is 2. The molecule has 2 atom stereocenters. The molecule has 2 amide bonds. The lowest BCUT2D eigenvalue weighted by atomic mass is 10.2. The summed E-state index contributed by atoms with van der Waals surface area (Å²) in [5.74, 6) is -1.06. The van der Waals surface area contributed by atoms with Crippen molar-refractivity contribution in [3.63, 3.8) is 0 Å². The molecule has 0 aliphatic carbocycles. The van der Waals surface area contributed by atoms with E-state index in [2.05, 4.69) is 10.6 Å². The fourth-order valence-corrected chi connectivity index (χ4v) is 2.75. The topological polar surface area (TPSA) is 113 Å². The highest BCUT2D eigenvalue weighted by Gasteiger charge is 2.23. The van der Waals surface area contributed by atoms with E-state index in [1.807, 2.05) is 0 Å². The van der Waals surface area contributed by atoms with Gasteiger partial charge in [0.15, 0.2) is 9.84 Å².